The van der Waals surface area contributed by atoms with Crippen molar-refractivity contribution in [3.05, 3.63) is 50.1 Å². The molecule has 4 rings (SSSR count). The maximum Gasteiger partial charge on any atom is 0.262 e. The van der Waals surface area contributed by atoms with Crippen LogP contribution in [0.25, 0.3) is 10.2 Å². The van der Waals surface area contributed by atoms with E-state index in [1.165, 1.54) is 22.2 Å². The summed E-state index contributed by atoms with van der Waals surface area (Å²) in [7, 11) is 1.75. The minimum absolute atomic E-state index is 0.00198. The highest BCUT2D eigenvalue weighted by Gasteiger charge is 2.24. The fourth-order valence-corrected chi connectivity index (χ4v) is 6.28. The summed E-state index contributed by atoms with van der Waals surface area (Å²) < 4.78 is 1.59. The number of anilines is 1. The molecule has 0 unspecified atom stereocenters. The number of carbonyl (C=O) groups excluding carboxylic acids is 1. The van der Waals surface area contributed by atoms with Crippen LogP contribution in [0.15, 0.2) is 28.2 Å². The number of para-hydroxylation sites is 1. The van der Waals surface area contributed by atoms with E-state index >= 15 is 0 Å². The molecule has 30 heavy (non-hydrogen) atoms. The number of fused-ring (bicyclic) bond motifs is 3. The lowest BCUT2D eigenvalue weighted by atomic mass is 9.89. The first kappa shape index (κ1) is 21.1. The number of aryl methyl sites for hydroxylation is 3. The van der Waals surface area contributed by atoms with Crippen molar-refractivity contribution in [1.82, 2.24) is 9.55 Å². The van der Waals surface area contributed by atoms with Gasteiger partial charge in [0.2, 0.25) is 5.91 Å². The second-order valence-electron chi connectivity index (χ2n) is 8.09. The topological polar surface area (TPSA) is 64.0 Å². The zero-order valence-electron chi connectivity index (χ0n) is 17.9. The van der Waals surface area contributed by atoms with Crippen molar-refractivity contribution in [2.45, 2.75) is 51.6 Å². The molecule has 1 N–H and O–H groups in total. The summed E-state index contributed by atoms with van der Waals surface area (Å²) in [4.78, 5) is 32.5. The molecule has 0 saturated carbocycles. The van der Waals surface area contributed by atoms with Crippen LogP contribution in [0.3, 0.4) is 0 Å². The van der Waals surface area contributed by atoms with Crippen LogP contribution in [-0.4, -0.2) is 21.2 Å². The molecule has 7 heteroatoms. The van der Waals surface area contributed by atoms with Crippen LogP contribution in [0.2, 0.25) is 0 Å². The molecule has 1 aromatic carbocycles. The van der Waals surface area contributed by atoms with Crippen molar-refractivity contribution in [2.24, 2.45) is 13.0 Å². The number of nitrogens with one attached hydrogen (secondary N) is 1. The zero-order chi connectivity index (χ0) is 21.4. The number of thioether (sulfide) groups is 1. The molecule has 3 aromatic rings. The molecule has 0 bridgehead atoms. The molecule has 5 nitrogen and oxygen atoms in total. The third-order valence-electron chi connectivity index (χ3n) is 5.83. The second-order valence-corrected chi connectivity index (χ2v) is 10.1. The molecule has 1 atom stereocenters. The van der Waals surface area contributed by atoms with Gasteiger partial charge in [0.05, 0.1) is 11.1 Å². The molecule has 1 aliphatic carbocycles. The number of aromatic nitrogens is 2. The summed E-state index contributed by atoms with van der Waals surface area (Å²) >= 11 is 2.96. The van der Waals surface area contributed by atoms with E-state index in [9.17, 15) is 9.59 Å². The molecule has 158 valence electrons. The van der Waals surface area contributed by atoms with Gasteiger partial charge in [0.1, 0.15) is 4.83 Å². The Kier molecular flexibility index (Phi) is 6.02. The summed E-state index contributed by atoms with van der Waals surface area (Å²) in [5.74, 6) is 0.782. The number of benzene rings is 1. The maximum atomic E-state index is 13.0. The first-order valence-corrected chi connectivity index (χ1v) is 12.2. The summed E-state index contributed by atoms with van der Waals surface area (Å²) in [6, 6.07) is 6.05. The Morgan fingerprint density at radius 3 is 2.97 bits per heavy atom. The Labute approximate surface area is 184 Å². The molecule has 0 fully saturated rings. The highest BCUT2D eigenvalue weighted by Crippen LogP contribution is 2.36. The first-order chi connectivity index (χ1) is 14.4. The van der Waals surface area contributed by atoms with E-state index in [0.29, 0.717) is 11.1 Å². The number of hydrogen-bond acceptors (Lipinski definition) is 5. The van der Waals surface area contributed by atoms with Gasteiger partial charge >= 0.3 is 0 Å². The van der Waals surface area contributed by atoms with Gasteiger partial charge in [-0.25, -0.2) is 4.98 Å². The monoisotopic (exact) mass is 441 g/mol. The van der Waals surface area contributed by atoms with Crippen LogP contribution in [0.1, 0.15) is 41.8 Å². The third kappa shape index (κ3) is 3.93. The van der Waals surface area contributed by atoms with Gasteiger partial charge < -0.3 is 5.32 Å². The standard InChI is InChI=1S/C23H27N3O2S2/c1-5-15-8-6-7-14(3)20(15)24-18(27)12-29-23-25-21-19(22(28)26(23)4)16-10-9-13(2)11-17(16)30-21/h6-8,13H,5,9-12H2,1-4H3,(H,24,27)/t13-/m0/s1. The third-order valence-corrected chi connectivity index (χ3v) is 8.01. The van der Waals surface area contributed by atoms with Crippen molar-refractivity contribution in [1.29, 1.82) is 0 Å². The second kappa shape index (κ2) is 8.55. The van der Waals surface area contributed by atoms with Gasteiger partial charge in [-0.15, -0.1) is 11.3 Å². The van der Waals surface area contributed by atoms with E-state index in [0.717, 1.165) is 52.7 Å². The van der Waals surface area contributed by atoms with E-state index < -0.39 is 0 Å². The largest absolute Gasteiger partial charge is 0.325 e. The summed E-state index contributed by atoms with van der Waals surface area (Å²) in [6.07, 6.45) is 3.97. The summed E-state index contributed by atoms with van der Waals surface area (Å²) in [5, 5.41) is 4.42. The van der Waals surface area contributed by atoms with E-state index in [-0.39, 0.29) is 17.2 Å². The lowest BCUT2D eigenvalue weighted by Gasteiger charge is -2.17. The first-order valence-electron chi connectivity index (χ1n) is 10.4. The molecule has 0 aliphatic heterocycles. The molecular weight excluding hydrogens is 414 g/mol. The molecule has 1 aliphatic rings. The Bertz CT molecular complexity index is 1180. The summed E-state index contributed by atoms with van der Waals surface area (Å²) in [5.41, 5.74) is 4.27. The number of amides is 1. The normalized spacial score (nSPS) is 15.9. The lowest BCUT2D eigenvalue weighted by Crippen LogP contribution is -2.22. The molecule has 0 saturated heterocycles. The predicted octanol–water partition coefficient (Wildman–Crippen LogP) is 4.72. The smallest absolute Gasteiger partial charge is 0.262 e. The minimum atomic E-state index is -0.0855. The SMILES string of the molecule is CCc1cccc(C)c1NC(=O)CSc1nc2sc3c(c2c(=O)n1C)CC[C@H](C)C3. The van der Waals surface area contributed by atoms with Gasteiger partial charge in [-0.1, -0.05) is 43.8 Å². The van der Waals surface area contributed by atoms with Crippen LogP contribution in [0.4, 0.5) is 5.69 Å². The van der Waals surface area contributed by atoms with Crippen LogP contribution in [-0.2, 0) is 31.1 Å². The average Bonchev–Trinajstić information content (AvgIpc) is 3.08. The number of nitrogens with zero attached hydrogens (tertiary/aromatic N) is 2. The molecular formula is C23H27N3O2S2. The molecule has 2 heterocycles. The fourth-order valence-electron chi connectivity index (χ4n) is 4.09. The van der Waals surface area contributed by atoms with Gasteiger partial charge in [0.25, 0.3) is 5.56 Å². The maximum absolute atomic E-state index is 13.0. The molecule has 0 spiro atoms. The van der Waals surface area contributed by atoms with E-state index in [1.807, 2.05) is 25.1 Å². The van der Waals surface area contributed by atoms with Crippen molar-refractivity contribution in [2.75, 3.05) is 11.1 Å². The van der Waals surface area contributed by atoms with Crippen molar-refractivity contribution in [3.8, 4) is 0 Å². The number of carbonyl (C=O) groups is 1. The van der Waals surface area contributed by atoms with Crippen LogP contribution < -0.4 is 10.9 Å². The highest BCUT2D eigenvalue weighted by atomic mass is 32.2. The minimum Gasteiger partial charge on any atom is -0.325 e. The number of rotatable bonds is 5. The Morgan fingerprint density at radius 1 is 1.40 bits per heavy atom. The summed E-state index contributed by atoms with van der Waals surface area (Å²) in [6.45, 7) is 6.34. The molecule has 1 amide bonds. The molecule has 2 aromatic heterocycles. The van der Waals surface area contributed by atoms with Crippen LogP contribution in [0.5, 0.6) is 0 Å². The van der Waals surface area contributed by atoms with Crippen molar-refractivity contribution in [3.63, 3.8) is 0 Å². The van der Waals surface area contributed by atoms with E-state index in [1.54, 1.807) is 23.0 Å². The Balaban J connectivity index is 1.55. The van der Waals surface area contributed by atoms with Gasteiger partial charge in [0.15, 0.2) is 5.16 Å². The fraction of sp³-hybridized carbons (Fsp3) is 0.435. The van der Waals surface area contributed by atoms with Gasteiger partial charge in [0, 0.05) is 17.6 Å². The van der Waals surface area contributed by atoms with E-state index in [4.69, 9.17) is 4.98 Å². The van der Waals surface area contributed by atoms with Crippen LogP contribution >= 0.6 is 23.1 Å². The van der Waals surface area contributed by atoms with Crippen molar-refractivity contribution < 1.29 is 4.79 Å². The Hall–Kier alpha value is -2.12. The highest BCUT2D eigenvalue weighted by molar-refractivity contribution is 7.99. The van der Waals surface area contributed by atoms with Gasteiger partial charge in [-0.3, -0.25) is 14.2 Å². The van der Waals surface area contributed by atoms with Crippen molar-refractivity contribution >= 4 is 44.9 Å². The zero-order valence-corrected chi connectivity index (χ0v) is 19.5. The molecule has 0 radical (unpaired) electrons. The quantitative estimate of drug-likeness (QED) is 0.460. The van der Waals surface area contributed by atoms with Gasteiger partial charge in [-0.2, -0.15) is 0 Å². The van der Waals surface area contributed by atoms with Gasteiger partial charge in [-0.05, 0) is 55.2 Å². The Morgan fingerprint density at radius 2 is 2.20 bits per heavy atom. The van der Waals surface area contributed by atoms with E-state index in [2.05, 4.69) is 19.2 Å². The number of thiophene rings is 1. The lowest BCUT2D eigenvalue weighted by molar-refractivity contribution is -0.113. The number of hydrogen-bond donors (Lipinski definition) is 1. The average molecular weight is 442 g/mol. The predicted molar refractivity (Wildman–Crippen MR) is 126 cm³/mol. The van der Waals surface area contributed by atoms with Crippen LogP contribution in [0, 0.1) is 12.8 Å².